The number of aromatic nitrogens is 2. The van der Waals surface area contributed by atoms with E-state index in [1.54, 1.807) is 12.1 Å². The summed E-state index contributed by atoms with van der Waals surface area (Å²) in [6.45, 7) is 4.03. The molecular weight excluding hydrogens is 359 g/mol. The van der Waals surface area contributed by atoms with Crippen LogP contribution in [0.15, 0.2) is 58.2 Å². The Balaban J connectivity index is 1.38. The van der Waals surface area contributed by atoms with Crippen LogP contribution in [-0.4, -0.2) is 28.9 Å². The van der Waals surface area contributed by atoms with Gasteiger partial charge in [0.25, 0.3) is 0 Å². The summed E-state index contributed by atoms with van der Waals surface area (Å²) >= 11 is 0. The lowest BCUT2D eigenvalue weighted by Crippen LogP contribution is -2.08. The van der Waals surface area contributed by atoms with Crippen LogP contribution in [0.1, 0.15) is 36.3 Å². The van der Waals surface area contributed by atoms with Crippen molar-refractivity contribution in [1.29, 1.82) is 0 Å². The average molecular weight is 380 g/mol. The van der Waals surface area contributed by atoms with Gasteiger partial charge in [0.15, 0.2) is 0 Å². The van der Waals surface area contributed by atoms with Crippen molar-refractivity contribution in [2.24, 2.45) is 5.16 Å². The highest BCUT2D eigenvalue weighted by atomic mass is 19.1. The summed E-state index contributed by atoms with van der Waals surface area (Å²) in [6.07, 6.45) is 1.02. The summed E-state index contributed by atoms with van der Waals surface area (Å²) in [5.74, 6) is 1.32. The Bertz CT molecular complexity index is 945. The summed E-state index contributed by atoms with van der Waals surface area (Å²) in [7, 11) is 0. The fourth-order valence-electron chi connectivity index (χ4n) is 3.08. The predicted octanol–water partition coefficient (Wildman–Crippen LogP) is 3.89. The number of rotatable bonds is 6. The van der Waals surface area contributed by atoms with Crippen LogP contribution in [0.25, 0.3) is 11.4 Å². The molecule has 2 heterocycles. The number of nitrogens with one attached hydrogen (secondary N) is 1. The second-order valence-electron chi connectivity index (χ2n) is 6.80. The van der Waals surface area contributed by atoms with Crippen LogP contribution in [0.4, 0.5) is 4.39 Å². The lowest BCUT2D eigenvalue weighted by molar-refractivity contribution is 0.130. The first-order valence-electron chi connectivity index (χ1n) is 9.25. The summed E-state index contributed by atoms with van der Waals surface area (Å²) < 4.78 is 18.3. The number of halogens is 1. The van der Waals surface area contributed by atoms with E-state index in [1.807, 2.05) is 31.2 Å². The quantitative estimate of drug-likeness (QED) is 0.519. The maximum absolute atomic E-state index is 12.9. The van der Waals surface area contributed by atoms with Crippen molar-refractivity contribution in [3.05, 3.63) is 71.4 Å². The van der Waals surface area contributed by atoms with Crippen molar-refractivity contribution in [3.8, 4) is 11.4 Å². The second kappa shape index (κ2) is 8.31. The van der Waals surface area contributed by atoms with Gasteiger partial charge in [-0.05, 0) is 43.1 Å². The lowest BCUT2D eigenvalue weighted by Gasteiger charge is -2.04. The van der Waals surface area contributed by atoms with Gasteiger partial charge in [-0.25, -0.2) is 4.39 Å². The van der Waals surface area contributed by atoms with E-state index in [2.05, 4.69) is 20.6 Å². The number of oxime groups is 1. The van der Waals surface area contributed by atoms with Crippen molar-refractivity contribution < 1.29 is 13.8 Å². The van der Waals surface area contributed by atoms with E-state index >= 15 is 0 Å². The molecule has 1 saturated heterocycles. The van der Waals surface area contributed by atoms with Gasteiger partial charge in [-0.2, -0.15) is 4.98 Å². The zero-order valence-electron chi connectivity index (χ0n) is 15.6. The van der Waals surface area contributed by atoms with Gasteiger partial charge in [0.2, 0.25) is 11.7 Å². The molecular formula is C21H21FN4O2. The van der Waals surface area contributed by atoms with Crippen molar-refractivity contribution in [2.45, 2.75) is 25.9 Å². The van der Waals surface area contributed by atoms with E-state index in [4.69, 9.17) is 9.36 Å². The van der Waals surface area contributed by atoms with Gasteiger partial charge in [-0.15, -0.1) is 0 Å². The van der Waals surface area contributed by atoms with Crippen LogP contribution in [0.2, 0.25) is 0 Å². The molecule has 3 aromatic rings. The molecule has 1 N–H and O–H groups in total. The average Bonchev–Trinajstić information content (AvgIpc) is 3.41. The van der Waals surface area contributed by atoms with Crippen molar-refractivity contribution >= 4 is 5.71 Å². The molecule has 2 aromatic carbocycles. The molecule has 1 aliphatic rings. The molecule has 1 aromatic heterocycles. The monoisotopic (exact) mass is 380 g/mol. The Labute approximate surface area is 162 Å². The molecule has 144 valence electrons. The smallest absolute Gasteiger partial charge is 0.231 e. The van der Waals surface area contributed by atoms with Crippen LogP contribution >= 0.6 is 0 Å². The van der Waals surface area contributed by atoms with E-state index in [0.29, 0.717) is 17.6 Å². The molecule has 4 rings (SSSR count). The van der Waals surface area contributed by atoms with Gasteiger partial charge in [0.05, 0.1) is 11.6 Å². The molecule has 28 heavy (non-hydrogen) atoms. The number of hydrogen-bond acceptors (Lipinski definition) is 6. The molecule has 1 aliphatic heterocycles. The van der Waals surface area contributed by atoms with Crippen molar-refractivity contribution in [1.82, 2.24) is 15.5 Å². The summed E-state index contributed by atoms with van der Waals surface area (Å²) in [4.78, 5) is 9.90. The van der Waals surface area contributed by atoms with Gasteiger partial charge in [0.1, 0.15) is 12.4 Å². The third kappa shape index (κ3) is 4.26. The Morgan fingerprint density at radius 2 is 2.00 bits per heavy atom. The van der Waals surface area contributed by atoms with Gasteiger partial charge >= 0.3 is 0 Å². The molecule has 6 nitrogen and oxygen atoms in total. The van der Waals surface area contributed by atoms with Crippen LogP contribution in [0, 0.1) is 5.82 Å². The van der Waals surface area contributed by atoms with Gasteiger partial charge in [0, 0.05) is 12.1 Å². The highest BCUT2D eigenvalue weighted by molar-refractivity contribution is 5.98. The Kier molecular flexibility index (Phi) is 5.43. The lowest BCUT2D eigenvalue weighted by atomic mass is 10.1. The van der Waals surface area contributed by atoms with E-state index in [9.17, 15) is 4.39 Å². The van der Waals surface area contributed by atoms with Crippen molar-refractivity contribution in [2.75, 3.05) is 13.1 Å². The highest BCUT2D eigenvalue weighted by Gasteiger charge is 2.23. The Morgan fingerprint density at radius 3 is 2.71 bits per heavy atom. The Morgan fingerprint density at radius 1 is 1.21 bits per heavy atom. The minimum atomic E-state index is -0.267. The molecule has 1 atom stereocenters. The predicted molar refractivity (Wildman–Crippen MR) is 103 cm³/mol. The van der Waals surface area contributed by atoms with Crippen LogP contribution in [-0.2, 0) is 11.4 Å². The minimum Gasteiger partial charge on any atom is -0.391 e. The van der Waals surface area contributed by atoms with Gasteiger partial charge in [-0.3, -0.25) is 0 Å². The van der Waals surface area contributed by atoms with Crippen LogP contribution < -0.4 is 5.32 Å². The zero-order valence-corrected chi connectivity index (χ0v) is 15.6. The molecule has 7 heteroatoms. The first kappa shape index (κ1) is 18.3. The Hall–Kier alpha value is -3.06. The van der Waals surface area contributed by atoms with Gasteiger partial charge < -0.3 is 14.7 Å². The summed E-state index contributed by atoms with van der Waals surface area (Å²) in [6, 6.07) is 13.9. The third-order valence-electron chi connectivity index (χ3n) is 4.76. The molecule has 0 spiro atoms. The topological polar surface area (TPSA) is 72.5 Å². The maximum atomic E-state index is 12.9. The molecule has 0 bridgehead atoms. The number of benzene rings is 2. The molecule has 0 amide bonds. The molecule has 0 radical (unpaired) electrons. The maximum Gasteiger partial charge on any atom is 0.231 e. The molecule has 1 unspecified atom stereocenters. The highest BCUT2D eigenvalue weighted by Crippen LogP contribution is 2.24. The fraction of sp³-hybridized carbons (Fsp3) is 0.286. The SMILES string of the molecule is CC(=NOCc1ccc(F)cc1)c1ccc(-c2noc(C3CCNC3)n2)cc1. The molecule has 0 aliphatic carbocycles. The largest absolute Gasteiger partial charge is 0.391 e. The summed E-state index contributed by atoms with van der Waals surface area (Å²) in [5, 5.41) is 11.5. The summed E-state index contributed by atoms with van der Waals surface area (Å²) in [5.41, 5.74) is 3.44. The normalized spacial score (nSPS) is 17.1. The first-order valence-corrected chi connectivity index (χ1v) is 9.25. The molecule has 0 saturated carbocycles. The first-order chi connectivity index (χ1) is 13.7. The van der Waals surface area contributed by atoms with E-state index < -0.39 is 0 Å². The standard InChI is InChI=1S/C21H21FN4O2/c1-14(25-27-13-15-2-8-19(22)9-3-15)16-4-6-17(7-5-16)20-24-21(28-26-20)18-10-11-23-12-18/h2-9,18,23H,10-13H2,1H3. The minimum absolute atomic E-state index is 0.267. The van der Waals surface area contributed by atoms with Crippen LogP contribution in [0.5, 0.6) is 0 Å². The second-order valence-corrected chi connectivity index (χ2v) is 6.80. The van der Waals surface area contributed by atoms with Crippen molar-refractivity contribution in [3.63, 3.8) is 0 Å². The number of nitrogens with zero attached hydrogens (tertiary/aromatic N) is 3. The molecule has 1 fully saturated rings. The van der Waals surface area contributed by atoms with Gasteiger partial charge in [-0.1, -0.05) is 46.7 Å². The van der Waals surface area contributed by atoms with E-state index in [-0.39, 0.29) is 12.4 Å². The third-order valence-corrected chi connectivity index (χ3v) is 4.76. The zero-order chi connectivity index (χ0) is 19.3. The fourth-order valence-corrected chi connectivity index (χ4v) is 3.08. The van der Waals surface area contributed by atoms with E-state index in [1.165, 1.54) is 12.1 Å². The van der Waals surface area contributed by atoms with Crippen LogP contribution in [0.3, 0.4) is 0 Å². The van der Waals surface area contributed by atoms with E-state index in [0.717, 1.165) is 41.9 Å². The number of hydrogen-bond donors (Lipinski definition) is 1.